The second-order valence-electron chi connectivity index (χ2n) is 4.95. The Hall–Kier alpha value is -1.20. The first-order chi connectivity index (χ1) is 8.29. The fourth-order valence-electron chi connectivity index (χ4n) is 3.31. The lowest BCUT2D eigenvalue weighted by Crippen LogP contribution is -2.29. The van der Waals surface area contributed by atoms with Gasteiger partial charge in [-0.15, -0.1) is 11.8 Å². The fourth-order valence-corrected chi connectivity index (χ4v) is 4.29. The molecule has 3 atom stereocenters. The molecule has 86 valence electrons. The molecule has 0 heterocycles. The first kappa shape index (κ1) is 10.9. The maximum absolute atomic E-state index is 9.51. The number of thioether (sulfide) groups is 1. The molecular formula is C15H15NS. The van der Waals surface area contributed by atoms with Gasteiger partial charge in [-0.1, -0.05) is 36.4 Å². The summed E-state index contributed by atoms with van der Waals surface area (Å²) in [5.74, 6) is 1.04. The molecule has 2 aliphatic carbocycles. The van der Waals surface area contributed by atoms with Gasteiger partial charge in [-0.05, 0) is 36.2 Å². The second-order valence-corrected chi connectivity index (χ2v) is 6.08. The van der Waals surface area contributed by atoms with Crippen LogP contribution in [0.1, 0.15) is 18.4 Å². The molecule has 17 heavy (non-hydrogen) atoms. The third-order valence-electron chi connectivity index (χ3n) is 4.12. The molecule has 1 fully saturated rings. The number of benzene rings is 1. The van der Waals surface area contributed by atoms with E-state index in [2.05, 4.69) is 42.7 Å². The maximum atomic E-state index is 9.51. The number of nitrogens with zero attached hydrogens (tertiary/aromatic N) is 1. The predicted molar refractivity (Wildman–Crippen MR) is 72.5 cm³/mol. The number of allylic oxidation sites excluding steroid dienone is 2. The molecule has 0 aliphatic heterocycles. The minimum Gasteiger partial charge on any atom is -0.197 e. The fraction of sp³-hybridized carbons (Fsp3) is 0.400. The van der Waals surface area contributed by atoms with Crippen molar-refractivity contribution < 1.29 is 0 Å². The zero-order valence-electron chi connectivity index (χ0n) is 9.89. The van der Waals surface area contributed by atoms with Crippen LogP contribution in [0, 0.1) is 23.2 Å². The van der Waals surface area contributed by atoms with E-state index in [4.69, 9.17) is 0 Å². The lowest BCUT2D eigenvalue weighted by molar-refractivity contribution is 0.630. The van der Waals surface area contributed by atoms with Crippen molar-refractivity contribution in [2.45, 2.75) is 17.6 Å². The molecule has 2 aliphatic rings. The topological polar surface area (TPSA) is 23.8 Å². The summed E-state index contributed by atoms with van der Waals surface area (Å²) in [6.45, 7) is 0. The Kier molecular flexibility index (Phi) is 2.52. The Morgan fingerprint density at radius 3 is 2.71 bits per heavy atom. The molecule has 0 amide bonds. The lowest BCUT2D eigenvalue weighted by Gasteiger charge is -2.30. The molecule has 0 spiro atoms. The molecule has 0 unspecified atom stereocenters. The normalized spacial score (nSPS) is 34.5. The molecule has 0 radical (unpaired) electrons. The number of rotatable bonds is 2. The first-order valence-electron chi connectivity index (χ1n) is 6.02. The Morgan fingerprint density at radius 2 is 2.12 bits per heavy atom. The average Bonchev–Trinajstić information content (AvgIpc) is 2.97. The largest absolute Gasteiger partial charge is 0.197 e. The first-order valence-corrected chi connectivity index (χ1v) is 7.25. The standard InChI is InChI=1S/C15H15NS/c1-17-15(10-16)9-11-7-13(14(15)8-11)12-5-3-2-4-6-12/h2-7,11,14H,8-9H2,1H3/t11-,14-,15+/m0/s1. The molecule has 0 N–H and O–H groups in total. The minimum atomic E-state index is -0.176. The van der Waals surface area contributed by atoms with Crippen LogP contribution in [-0.4, -0.2) is 11.0 Å². The van der Waals surface area contributed by atoms with E-state index in [0.717, 1.165) is 6.42 Å². The van der Waals surface area contributed by atoms with Gasteiger partial charge in [-0.25, -0.2) is 0 Å². The van der Waals surface area contributed by atoms with Crippen molar-refractivity contribution in [3.05, 3.63) is 42.0 Å². The van der Waals surface area contributed by atoms with Gasteiger partial charge >= 0.3 is 0 Å². The summed E-state index contributed by atoms with van der Waals surface area (Å²) < 4.78 is -0.176. The van der Waals surface area contributed by atoms with Crippen molar-refractivity contribution >= 4 is 17.3 Å². The lowest BCUT2D eigenvalue weighted by atomic mass is 9.84. The molecule has 1 aromatic rings. The van der Waals surface area contributed by atoms with E-state index in [0.29, 0.717) is 11.8 Å². The maximum Gasteiger partial charge on any atom is 0.109 e. The summed E-state index contributed by atoms with van der Waals surface area (Å²) in [6.07, 6.45) is 6.67. The zero-order valence-corrected chi connectivity index (χ0v) is 10.7. The monoisotopic (exact) mass is 241 g/mol. The molecule has 1 aromatic carbocycles. The van der Waals surface area contributed by atoms with Crippen LogP contribution in [0.5, 0.6) is 0 Å². The third kappa shape index (κ3) is 1.53. The van der Waals surface area contributed by atoms with E-state index in [-0.39, 0.29) is 4.75 Å². The predicted octanol–water partition coefficient (Wildman–Crippen LogP) is 3.74. The van der Waals surface area contributed by atoms with E-state index in [1.54, 1.807) is 11.8 Å². The van der Waals surface area contributed by atoms with Crippen LogP contribution in [0.2, 0.25) is 0 Å². The van der Waals surface area contributed by atoms with E-state index >= 15 is 0 Å². The SMILES string of the molecule is CS[C@@]1(C#N)C[C@H]2C=C(c3ccccc3)[C@@H]1C2. The van der Waals surface area contributed by atoms with Crippen LogP contribution >= 0.6 is 11.8 Å². The van der Waals surface area contributed by atoms with E-state index in [9.17, 15) is 5.26 Å². The summed E-state index contributed by atoms with van der Waals surface area (Å²) in [6, 6.07) is 13.1. The molecule has 1 saturated carbocycles. The van der Waals surface area contributed by atoms with Gasteiger partial charge in [0.15, 0.2) is 0 Å². The summed E-state index contributed by atoms with van der Waals surface area (Å²) >= 11 is 1.74. The van der Waals surface area contributed by atoms with Gasteiger partial charge in [-0.2, -0.15) is 5.26 Å². The van der Waals surface area contributed by atoms with Crippen molar-refractivity contribution in [2.24, 2.45) is 11.8 Å². The van der Waals surface area contributed by atoms with E-state index < -0.39 is 0 Å². The summed E-state index contributed by atoms with van der Waals surface area (Å²) in [5.41, 5.74) is 2.70. The number of nitriles is 1. The van der Waals surface area contributed by atoms with Gasteiger partial charge in [0.2, 0.25) is 0 Å². The van der Waals surface area contributed by atoms with E-state index in [1.165, 1.54) is 17.6 Å². The van der Waals surface area contributed by atoms with E-state index in [1.807, 2.05) is 6.07 Å². The Labute approximate surface area is 107 Å². The Morgan fingerprint density at radius 1 is 1.35 bits per heavy atom. The van der Waals surface area contributed by atoms with Crippen molar-refractivity contribution in [1.29, 1.82) is 5.26 Å². The smallest absolute Gasteiger partial charge is 0.109 e. The van der Waals surface area contributed by atoms with Crippen LogP contribution in [0.25, 0.3) is 5.57 Å². The van der Waals surface area contributed by atoms with Gasteiger partial charge < -0.3 is 0 Å². The van der Waals surface area contributed by atoms with Crippen molar-refractivity contribution in [2.75, 3.05) is 6.26 Å². The van der Waals surface area contributed by atoms with Crippen LogP contribution in [-0.2, 0) is 0 Å². The third-order valence-corrected chi connectivity index (χ3v) is 5.39. The average molecular weight is 241 g/mol. The van der Waals surface area contributed by atoms with Gasteiger partial charge in [0.25, 0.3) is 0 Å². The van der Waals surface area contributed by atoms with Crippen LogP contribution in [0.4, 0.5) is 0 Å². The van der Waals surface area contributed by atoms with Crippen molar-refractivity contribution in [3.8, 4) is 6.07 Å². The molecule has 2 heteroatoms. The quantitative estimate of drug-likeness (QED) is 0.787. The van der Waals surface area contributed by atoms with Crippen molar-refractivity contribution in [1.82, 2.24) is 0 Å². The van der Waals surface area contributed by atoms with Crippen LogP contribution in [0.15, 0.2) is 36.4 Å². The molecule has 3 rings (SSSR count). The minimum absolute atomic E-state index is 0.176. The highest BCUT2D eigenvalue weighted by Gasteiger charge is 2.52. The van der Waals surface area contributed by atoms with Gasteiger partial charge in [-0.3, -0.25) is 0 Å². The molecule has 0 saturated heterocycles. The molecular weight excluding hydrogens is 226 g/mol. The summed E-state index contributed by atoms with van der Waals surface area (Å²) in [7, 11) is 0. The van der Waals surface area contributed by atoms with Gasteiger partial charge in [0.05, 0.1) is 6.07 Å². The summed E-state index contributed by atoms with van der Waals surface area (Å²) in [4.78, 5) is 0. The highest BCUT2D eigenvalue weighted by molar-refractivity contribution is 8.00. The number of hydrogen-bond donors (Lipinski definition) is 0. The molecule has 0 aromatic heterocycles. The van der Waals surface area contributed by atoms with Crippen LogP contribution in [0.3, 0.4) is 0 Å². The van der Waals surface area contributed by atoms with Crippen LogP contribution < -0.4 is 0 Å². The zero-order chi connectivity index (χ0) is 11.9. The van der Waals surface area contributed by atoms with Crippen molar-refractivity contribution in [3.63, 3.8) is 0 Å². The number of hydrogen-bond acceptors (Lipinski definition) is 2. The molecule has 1 nitrogen and oxygen atoms in total. The highest BCUT2D eigenvalue weighted by Crippen LogP contribution is 2.58. The molecule has 2 bridgehead atoms. The Balaban J connectivity index is 2.01. The number of fused-ring (bicyclic) bond motifs is 2. The second kappa shape index (κ2) is 3.92. The van der Waals surface area contributed by atoms with Gasteiger partial charge in [0, 0.05) is 5.92 Å². The summed E-state index contributed by atoms with van der Waals surface area (Å²) in [5, 5.41) is 9.51. The highest BCUT2D eigenvalue weighted by atomic mass is 32.2. The Bertz CT molecular complexity index is 499. The van der Waals surface area contributed by atoms with Gasteiger partial charge in [0.1, 0.15) is 4.75 Å².